The number of carbonyl (C=O) groups excluding carboxylic acids is 2. The molecule has 2 aromatic heterocycles. The summed E-state index contributed by atoms with van der Waals surface area (Å²) in [5.74, 6) is -0.156. The minimum absolute atomic E-state index is 0.140. The van der Waals surface area contributed by atoms with Crippen LogP contribution in [0.3, 0.4) is 0 Å². The summed E-state index contributed by atoms with van der Waals surface area (Å²) in [5, 5.41) is 5.52. The Labute approximate surface area is 167 Å². The summed E-state index contributed by atoms with van der Waals surface area (Å²) in [6.07, 6.45) is 0.211. The maximum absolute atomic E-state index is 12.5. The van der Waals surface area contributed by atoms with Gasteiger partial charge in [-0.15, -0.1) is 0 Å². The Hall–Kier alpha value is -3.10. The molecule has 0 saturated carbocycles. The van der Waals surface area contributed by atoms with Crippen molar-refractivity contribution >= 4 is 17.6 Å². The van der Waals surface area contributed by atoms with Gasteiger partial charge in [0.25, 0.3) is 12.3 Å². The van der Waals surface area contributed by atoms with Crippen molar-refractivity contribution in [2.45, 2.75) is 40.2 Å². The number of aryl methyl sites for hydroxylation is 1. The van der Waals surface area contributed by atoms with Crippen molar-refractivity contribution in [2.75, 3.05) is 11.9 Å². The standard InChI is InChI=1S/C20H24F2N4O3/c1-11(2)19(27)26-18-8-14(5-6-23-18)13(4)25-20(28)15-7-12(3)16(9-24-15)29-10-17(21)22/h5-9,11,13,17H,10H2,1-4H3,(H,25,28)(H,23,26,27). The Morgan fingerprint density at radius 3 is 2.52 bits per heavy atom. The smallest absolute Gasteiger partial charge is 0.272 e. The van der Waals surface area contributed by atoms with E-state index in [1.807, 2.05) is 0 Å². The molecular formula is C20H24F2N4O3. The fourth-order valence-electron chi connectivity index (χ4n) is 2.38. The zero-order valence-electron chi connectivity index (χ0n) is 16.7. The van der Waals surface area contributed by atoms with Gasteiger partial charge in [0.05, 0.1) is 12.2 Å². The van der Waals surface area contributed by atoms with Crippen LogP contribution in [0.5, 0.6) is 5.75 Å². The van der Waals surface area contributed by atoms with Gasteiger partial charge in [0.1, 0.15) is 23.9 Å². The first-order chi connectivity index (χ1) is 13.7. The van der Waals surface area contributed by atoms with Crippen molar-refractivity contribution < 1.29 is 23.1 Å². The molecule has 2 N–H and O–H groups in total. The topological polar surface area (TPSA) is 93.2 Å². The second kappa shape index (κ2) is 9.90. The van der Waals surface area contributed by atoms with Gasteiger partial charge in [-0.25, -0.2) is 18.7 Å². The number of alkyl halides is 2. The van der Waals surface area contributed by atoms with Gasteiger partial charge in [0.2, 0.25) is 5.91 Å². The number of amides is 2. The number of hydrogen-bond donors (Lipinski definition) is 2. The number of carbonyl (C=O) groups is 2. The van der Waals surface area contributed by atoms with Gasteiger partial charge in [-0.05, 0) is 43.2 Å². The van der Waals surface area contributed by atoms with E-state index in [0.29, 0.717) is 11.4 Å². The Kier molecular flexibility index (Phi) is 7.58. The number of nitrogens with one attached hydrogen (secondary N) is 2. The van der Waals surface area contributed by atoms with E-state index in [-0.39, 0.29) is 29.3 Å². The van der Waals surface area contributed by atoms with Crippen molar-refractivity contribution in [1.82, 2.24) is 15.3 Å². The highest BCUT2D eigenvalue weighted by Crippen LogP contribution is 2.19. The fourth-order valence-corrected chi connectivity index (χ4v) is 2.38. The molecular weight excluding hydrogens is 382 g/mol. The molecule has 0 aliphatic rings. The zero-order chi connectivity index (χ0) is 21.6. The van der Waals surface area contributed by atoms with Crippen LogP contribution in [-0.2, 0) is 4.79 Å². The molecule has 9 heteroatoms. The van der Waals surface area contributed by atoms with Gasteiger partial charge >= 0.3 is 0 Å². The molecule has 2 rings (SSSR count). The molecule has 29 heavy (non-hydrogen) atoms. The number of pyridine rings is 2. The first kappa shape index (κ1) is 22.2. The normalized spacial score (nSPS) is 12.0. The Morgan fingerprint density at radius 1 is 1.17 bits per heavy atom. The molecule has 0 radical (unpaired) electrons. The van der Waals surface area contributed by atoms with Crippen LogP contribution in [0.2, 0.25) is 0 Å². The molecule has 7 nitrogen and oxygen atoms in total. The van der Waals surface area contributed by atoms with Crippen molar-refractivity contribution in [2.24, 2.45) is 5.92 Å². The van der Waals surface area contributed by atoms with Crippen molar-refractivity contribution in [3.63, 3.8) is 0 Å². The molecule has 1 atom stereocenters. The average molecular weight is 406 g/mol. The monoisotopic (exact) mass is 406 g/mol. The van der Waals surface area contributed by atoms with Crippen LogP contribution in [0, 0.1) is 12.8 Å². The SMILES string of the molecule is Cc1cc(C(=O)NC(C)c2ccnc(NC(=O)C(C)C)c2)ncc1OCC(F)F. The third kappa shape index (κ3) is 6.48. The summed E-state index contributed by atoms with van der Waals surface area (Å²) in [5.41, 5.74) is 1.42. The van der Waals surface area contributed by atoms with E-state index in [0.717, 1.165) is 5.56 Å². The van der Waals surface area contributed by atoms with Gasteiger partial charge in [0, 0.05) is 12.1 Å². The van der Waals surface area contributed by atoms with Crippen molar-refractivity contribution in [1.29, 1.82) is 0 Å². The Balaban J connectivity index is 2.05. The summed E-state index contributed by atoms with van der Waals surface area (Å²) in [6, 6.07) is 4.52. The second-order valence-corrected chi connectivity index (χ2v) is 6.85. The van der Waals surface area contributed by atoms with Crippen molar-refractivity contribution in [3.05, 3.63) is 47.4 Å². The number of anilines is 1. The molecule has 2 amide bonds. The third-order valence-corrected chi connectivity index (χ3v) is 4.07. The summed E-state index contributed by atoms with van der Waals surface area (Å²) >= 11 is 0. The molecule has 1 unspecified atom stereocenters. The molecule has 0 saturated heterocycles. The third-order valence-electron chi connectivity index (χ3n) is 4.07. The molecule has 0 aliphatic heterocycles. The van der Waals surface area contributed by atoms with Gasteiger partial charge in [-0.1, -0.05) is 13.8 Å². The molecule has 0 fully saturated rings. The number of hydrogen-bond acceptors (Lipinski definition) is 5. The number of aromatic nitrogens is 2. The minimum atomic E-state index is -2.59. The maximum Gasteiger partial charge on any atom is 0.272 e. The minimum Gasteiger partial charge on any atom is -0.486 e. The lowest BCUT2D eigenvalue weighted by Crippen LogP contribution is -2.27. The molecule has 2 aromatic rings. The lowest BCUT2D eigenvalue weighted by molar-refractivity contribution is -0.118. The van der Waals surface area contributed by atoms with Crippen LogP contribution in [0.15, 0.2) is 30.6 Å². The van der Waals surface area contributed by atoms with Crippen LogP contribution >= 0.6 is 0 Å². The Morgan fingerprint density at radius 2 is 1.90 bits per heavy atom. The van der Waals surface area contributed by atoms with Crippen LogP contribution in [0.1, 0.15) is 48.4 Å². The first-order valence-electron chi connectivity index (χ1n) is 9.12. The summed E-state index contributed by atoms with van der Waals surface area (Å²) in [6.45, 7) is 6.26. The van der Waals surface area contributed by atoms with Crippen LogP contribution in [0.4, 0.5) is 14.6 Å². The quantitative estimate of drug-likeness (QED) is 0.700. The molecule has 0 aliphatic carbocycles. The van der Waals surface area contributed by atoms with Gasteiger partial charge in [-0.3, -0.25) is 9.59 Å². The summed E-state index contributed by atoms with van der Waals surface area (Å²) in [4.78, 5) is 32.4. The van der Waals surface area contributed by atoms with Crippen LogP contribution in [0.25, 0.3) is 0 Å². The molecule has 0 spiro atoms. The van der Waals surface area contributed by atoms with Gasteiger partial charge < -0.3 is 15.4 Å². The van der Waals surface area contributed by atoms with Crippen LogP contribution in [-0.4, -0.2) is 34.8 Å². The summed E-state index contributed by atoms with van der Waals surface area (Å²) < 4.78 is 29.5. The van der Waals surface area contributed by atoms with E-state index in [9.17, 15) is 18.4 Å². The predicted octanol–water partition coefficient (Wildman–Crippen LogP) is 3.51. The van der Waals surface area contributed by atoms with E-state index >= 15 is 0 Å². The summed E-state index contributed by atoms with van der Waals surface area (Å²) in [7, 11) is 0. The lowest BCUT2D eigenvalue weighted by atomic mass is 10.1. The predicted molar refractivity (Wildman–Crippen MR) is 104 cm³/mol. The highest BCUT2D eigenvalue weighted by molar-refractivity contribution is 5.93. The van der Waals surface area contributed by atoms with Gasteiger partial charge in [-0.2, -0.15) is 0 Å². The lowest BCUT2D eigenvalue weighted by Gasteiger charge is -2.16. The number of rotatable bonds is 8. The largest absolute Gasteiger partial charge is 0.486 e. The number of nitrogens with zero attached hydrogens (tertiary/aromatic N) is 2. The Bertz CT molecular complexity index is 875. The van der Waals surface area contributed by atoms with E-state index in [1.165, 1.54) is 12.3 Å². The molecule has 156 valence electrons. The van der Waals surface area contributed by atoms with E-state index in [1.54, 1.807) is 46.0 Å². The maximum atomic E-state index is 12.5. The molecule has 0 aromatic carbocycles. The highest BCUT2D eigenvalue weighted by atomic mass is 19.3. The van der Waals surface area contributed by atoms with Crippen LogP contribution < -0.4 is 15.4 Å². The van der Waals surface area contributed by atoms with E-state index in [2.05, 4.69) is 20.6 Å². The zero-order valence-corrected chi connectivity index (χ0v) is 16.7. The van der Waals surface area contributed by atoms with Crippen molar-refractivity contribution in [3.8, 4) is 5.75 Å². The number of ether oxygens (including phenoxy) is 1. The highest BCUT2D eigenvalue weighted by Gasteiger charge is 2.16. The first-order valence-corrected chi connectivity index (χ1v) is 9.12. The molecule has 2 heterocycles. The number of halogens is 2. The van der Waals surface area contributed by atoms with E-state index in [4.69, 9.17) is 4.74 Å². The van der Waals surface area contributed by atoms with E-state index < -0.39 is 18.9 Å². The molecule has 0 bridgehead atoms. The average Bonchev–Trinajstić information content (AvgIpc) is 2.66. The fraction of sp³-hybridized carbons (Fsp3) is 0.400. The second-order valence-electron chi connectivity index (χ2n) is 6.85. The van der Waals surface area contributed by atoms with Gasteiger partial charge in [0.15, 0.2) is 0 Å².